The largest absolute Gasteiger partial charge is 0.497 e. The number of fused-ring (bicyclic) bond motifs is 1. The second-order valence-electron chi connectivity index (χ2n) is 6.76. The van der Waals surface area contributed by atoms with E-state index in [9.17, 15) is 5.11 Å². The Balaban J connectivity index is 2.04. The van der Waals surface area contributed by atoms with Gasteiger partial charge >= 0.3 is 0 Å². The lowest BCUT2D eigenvalue weighted by molar-refractivity contribution is -0.0564. The number of aliphatic hydroxyl groups is 1. The van der Waals surface area contributed by atoms with Gasteiger partial charge in [-0.25, -0.2) is 0 Å². The number of hydrogen-bond donors (Lipinski definition) is 1. The van der Waals surface area contributed by atoms with E-state index in [4.69, 9.17) is 4.74 Å². The standard InChI is InChI=1S/C17H25NO2/c1-18(2)12-16(17(19)8-4-5-9-17)11-13-6-7-14(20-3)10-15(13)16/h6-7,10,19H,4-5,8-9,11-12H2,1-3H3. The number of methoxy groups -OCH3 is 1. The first-order chi connectivity index (χ1) is 9.51. The molecule has 0 aliphatic heterocycles. The maximum absolute atomic E-state index is 11.3. The van der Waals surface area contributed by atoms with Crippen molar-refractivity contribution in [2.24, 2.45) is 0 Å². The molecule has 1 saturated carbocycles. The second-order valence-corrected chi connectivity index (χ2v) is 6.76. The van der Waals surface area contributed by atoms with Crippen molar-refractivity contribution in [3.8, 4) is 5.75 Å². The van der Waals surface area contributed by atoms with Crippen molar-refractivity contribution in [3.63, 3.8) is 0 Å². The monoisotopic (exact) mass is 275 g/mol. The van der Waals surface area contributed by atoms with Crippen LogP contribution >= 0.6 is 0 Å². The van der Waals surface area contributed by atoms with Crippen molar-refractivity contribution < 1.29 is 9.84 Å². The van der Waals surface area contributed by atoms with Gasteiger partial charge in [0.15, 0.2) is 0 Å². The molecule has 2 aliphatic carbocycles. The van der Waals surface area contributed by atoms with Crippen LogP contribution in [0.3, 0.4) is 0 Å². The molecule has 0 aromatic heterocycles. The van der Waals surface area contributed by atoms with E-state index in [0.717, 1.165) is 44.4 Å². The van der Waals surface area contributed by atoms with Crippen LogP contribution in [-0.4, -0.2) is 43.4 Å². The predicted octanol–water partition coefficient (Wildman–Crippen LogP) is 2.36. The maximum atomic E-state index is 11.3. The number of hydrogen-bond acceptors (Lipinski definition) is 3. The molecule has 2 aliphatic rings. The van der Waals surface area contributed by atoms with Gasteiger partial charge in [0.1, 0.15) is 5.75 Å². The van der Waals surface area contributed by atoms with Crippen LogP contribution in [0.25, 0.3) is 0 Å². The van der Waals surface area contributed by atoms with Gasteiger partial charge in [-0.2, -0.15) is 0 Å². The summed E-state index contributed by atoms with van der Waals surface area (Å²) < 4.78 is 5.38. The van der Waals surface area contributed by atoms with Gasteiger partial charge in [0.25, 0.3) is 0 Å². The molecule has 0 bridgehead atoms. The highest BCUT2D eigenvalue weighted by Crippen LogP contribution is 2.55. The highest BCUT2D eigenvalue weighted by Gasteiger charge is 2.58. The Hall–Kier alpha value is -1.06. The molecular formula is C17H25NO2. The second kappa shape index (κ2) is 4.74. The number of rotatable bonds is 4. The van der Waals surface area contributed by atoms with Gasteiger partial charge in [-0.1, -0.05) is 18.9 Å². The molecule has 1 N–H and O–H groups in total. The first-order valence-electron chi connectivity index (χ1n) is 7.55. The van der Waals surface area contributed by atoms with E-state index in [-0.39, 0.29) is 5.41 Å². The first-order valence-corrected chi connectivity index (χ1v) is 7.55. The first kappa shape index (κ1) is 13.9. The molecule has 3 rings (SSSR count). The fourth-order valence-electron chi connectivity index (χ4n) is 4.28. The van der Waals surface area contributed by atoms with Gasteiger partial charge in [-0.15, -0.1) is 0 Å². The summed E-state index contributed by atoms with van der Waals surface area (Å²) in [6.45, 7) is 0.906. The Morgan fingerprint density at radius 3 is 2.55 bits per heavy atom. The van der Waals surface area contributed by atoms with Crippen molar-refractivity contribution in [2.45, 2.75) is 43.1 Å². The normalized spacial score (nSPS) is 27.2. The molecule has 20 heavy (non-hydrogen) atoms. The van der Waals surface area contributed by atoms with E-state index in [0.29, 0.717) is 0 Å². The highest BCUT2D eigenvalue weighted by atomic mass is 16.5. The summed E-state index contributed by atoms with van der Waals surface area (Å²) in [6.07, 6.45) is 5.13. The van der Waals surface area contributed by atoms with Gasteiger partial charge in [0.05, 0.1) is 12.7 Å². The van der Waals surface area contributed by atoms with Crippen LogP contribution in [0.5, 0.6) is 5.75 Å². The Kier molecular flexibility index (Phi) is 3.30. The Morgan fingerprint density at radius 1 is 1.25 bits per heavy atom. The van der Waals surface area contributed by atoms with Crippen LogP contribution in [0.2, 0.25) is 0 Å². The van der Waals surface area contributed by atoms with Gasteiger partial charge in [0.2, 0.25) is 0 Å². The lowest BCUT2D eigenvalue weighted by Gasteiger charge is -2.54. The zero-order valence-electron chi connectivity index (χ0n) is 12.8. The summed E-state index contributed by atoms with van der Waals surface area (Å²) >= 11 is 0. The smallest absolute Gasteiger partial charge is 0.119 e. The van der Waals surface area contributed by atoms with Gasteiger partial charge < -0.3 is 14.7 Å². The van der Waals surface area contributed by atoms with E-state index < -0.39 is 5.60 Å². The molecule has 0 spiro atoms. The molecule has 0 heterocycles. The summed E-state index contributed by atoms with van der Waals surface area (Å²) in [5, 5.41) is 11.3. The van der Waals surface area contributed by atoms with Crippen LogP contribution in [0.15, 0.2) is 18.2 Å². The fraction of sp³-hybridized carbons (Fsp3) is 0.647. The molecule has 1 aromatic rings. The van der Waals surface area contributed by atoms with Crippen LogP contribution < -0.4 is 4.74 Å². The molecule has 1 aromatic carbocycles. The molecular weight excluding hydrogens is 250 g/mol. The summed E-state index contributed by atoms with van der Waals surface area (Å²) in [5.41, 5.74) is 2.01. The minimum absolute atomic E-state index is 0.114. The molecule has 1 atom stereocenters. The summed E-state index contributed by atoms with van der Waals surface area (Å²) in [5.74, 6) is 0.896. The zero-order valence-corrected chi connectivity index (χ0v) is 12.8. The number of benzene rings is 1. The van der Waals surface area contributed by atoms with Crippen molar-refractivity contribution in [1.29, 1.82) is 0 Å². The van der Waals surface area contributed by atoms with E-state index in [1.807, 2.05) is 6.07 Å². The molecule has 0 radical (unpaired) electrons. The predicted molar refractivity (Wildman–Crippen MR) is 80.3 cm³/mol. The average molecular weight is 275 g/mol. The third-order valence-electron chi connectivity index (χ3n) is 5.23. The molecule has 0 amide bonds. The van der Waals surface area contributed by atoms with Crippen LogP contribution in [0.1, 0.15) is 36.8 Å². The number of ether oxygens (including phenoxy) is 1. The zero-order chi connectivity index (χ0) is 14.4. The lowest BCUT2D eigenvalue weighted by atomic mass is 9.54. The van der Waals surface area contributed by atoms with Gasteiger partial charge in [-0.3, -0.25) is 0 Å². The van der Waals surface area contributed by atoms with E-state index in [1.165, 1.54) is 11.1 Å². The van der Waals surface area contributed by atoms with Crippen molar-refractivity contribution in [1.82, 2.24) is 4.90 Å². The minimum atomic E-state index is -0.545. The Morgan fingerprint density at radius 2 is 1.95 bits per heavy atom. The fourth-order valence-corrected chi connectivity index (χ4v) is 4.28. The summed E-state index contributed by atoms with van der Waals surface area (Å²) in [6, 6.07) is 6.32. The molecule has 110 valence electrons. The molecule has 3 heteroatoms. The highest BCUT2D eigenvalue weighted by molar-refractivity contribution is 5.52. The molecule has 1 unspecified atom stereocenters. The maximum Gasteiger partial charge on any atom is 0.119 e. The molecule has 0 saturated heterocycles. The van der Waals surface area contributed by atoms with Crippen LogP contribution in [0.4, 0.5) is 0 Å². The van der Waals surface area contributed by atoms with E-state index in [2.05, 4.69) is 31.1 Å². The van der Waals surface area contributed by atoms with Crippen LogP contribution in [0, 0.1) is 0 Å². The summed E-state index contributed by atoms with van der Waals surface area (Å²) in [7, 11) is 5.90. The average Bonchev–Trinajstić information content (AvgIpc) is 2.83. The third-order valence-corrected chi connectivity index (χ3v) is 5.23. The SMILES string of the molecule is COc1ccc2c(c1)C(CN(C)C)(C1(O)CCCC1)C2. The van der Waals surface area contributed by atoms with Crippen LogP contribution in [-0.2, 0) is 11.8 Å². The van der Waals surface area contributed by atoms with E-state index in [1.54, 1.807) is 7.11 Å². The van der Waals surface area contributed by atoms with Gasteiger partial charge in [-0.05, 0) is 56.6 Å². The summed E-state index contributed by atoms with van der Waals surface area (Å²) in [4.78, 5) is 2.21. The Labute approximate surface area is 121 Å². The van der Waals surface area contributed by atoms with Crippen molar-refractivity contribution in [2.75, 3.05) is 27.7 Å². The number of likely N-dealkylation sites (N-methyl/N-ethyl adjacent to an activating group) is 1. The Bertz CT molecular complexity index is 506. The minimum Gasteiger partial charge on any atom is -0.497 e. The quantitative estimate of drug-likeness (QED) is 0.915. The third kappa shape index (κ3) is 1.87. The number of nitrogens with zero attached hydrogens (tertiary/aromatic N) is 1. The van der Waals surface area contributed by atoms with E-state index >= 15 is 0 Å². The van der Waals surface area contributed by atoms with Crippen molar-refractivity contribution in [3.05, 3.63) is 29.3 Å². The topological polar surface area (TPSA) is 32.7 Å². The lowest BCUT2D eigenvalue weighted by Crippen LogP contribution is -2.61. The molecule has 1 fully saturated rings. The van der Waals surface area contributed by atoms with Crippen molar-refractivity contribution >= 4 is 0 Å². The molecule has 3 nitrogen and oxygen atoms in total. The van der Waals surface area contributed by atoms with Gasteiger partial charge in [0, 0.05) is 12.0 Å².